The van der Waals surface area contributed by atoms with Crippen LogP contribution >= 0.6 is 23.2 Å². The number of rotatable bonds is 12. The van der Waals surface area contributed by atoms with Crippen molar-refractivity contribution in [2.24, 2.45) is 5.92 Å². The topological polar surface area (TPSA) is 87.1 Å². The normalized spacial score (nSPS) is 18.4. The third kappa shape index (κ3) is 7.78. The summed E-state index contributed by atoms with van der Waals surface area (Å²) in [6, 6.07) is 23.9. The molecule has 0 amide bonds. The molecular weight excluding hydrogens is 537 g/mol. The number of carboxylic acid groups (broad SMARTS) is 1. The van der Waals surface area contributed by atoms with Gasteiger partial charge in [0, 0.05) is 22.5 Å². The van der Waals surface area contributed by atoms with Gasteiger partial charge in [0.15, 0.2) is 5.78 Å². The summed E-state index contributed by atoms with van der Waals surface area (Å²) in [5, 5.41) is 21.3. The summed E-state index contributed by atoms with van der Waals surface area (Å²) in [6.07, 6.45) is 2.88. The summed E-state index contributed by atoms with van der Waals surface area (Å²) in [6.45, 7) is -0.248. The van der Waals surface area contributed by atoms with Crippen LogP contribution in [0.1, 0.15) is 41.6 Å². The number of carbonyl (C=O) groups is 2. The number of aliphatic hydroxyl groups excluding tert-OH is 1. The highest BCUT2D eigenvalue weighted by atomic mass is 35.5. The second-order valence-electron chi connectivity index (χ2n) is 9.66. The van der Waals surface area contributed by atoms with Crippen molar-refractivity contribution in [2.75, 3.05) is 19.9 Å². The van der Waals surface area contributed by atoms with Crippen molar-refractivity contribution in [3.63, 3.8) is 0 Å². The molecule has 0 aliphatic carbocycles. The Morgan fingerprint density at radius 2 is 1.69 bits per heavy atom. The minimum Gasteiger partial charge on any atom is -0.481 e. The molecule has 3 atom stereocenters. The smallest absolute Gasteiger partial charge is 0.307 e. The van der Waals surface area contributed by atoms with Crippen LogP contribution in [-0.4, -0.2) is 46.8 Å². The molecule has 1 aliphatic heterocycles. The lowest BCUT2D eigenvalue weighted by molar-refractivity contribution is -0.144. The van der Waals surface area contributed by atoms with E-state index < -0.39 is 11.9 Å². The summed E-state index contributed by atoms with van der Waals surface area (Å²) in [4.78, 5) is 26.4. The Kier molecular flexibility index (Phi) is 10.3. The number of ether oxygens (including phenoxy) is 1. The predicted octanol–water partition coefficient (Wildman–Crippen LogP) is 6.28. The average Bonchev–Trinajstić information content (AvgIpc) is 2.93. The number of aliphatic carboxylic acids is 1. The van der Waals surface area contributed by atoms with Gasteiger partial charge in [0.25, 0.3) is 0 Å². The number of benzene rings is 3. The van der Waals surface area contributed by atoms with Crippen molar-refractivity contribution < 1.29 is 24.5 Å². The number of hydrogen-bond donors (Lipinski definition) is 2. The lowest BCUT2D eigenvalue weighted by Gasteiger charge is -2.41. The maximum atomic E-state index is 12.7. The largest absolute Gasteiger partial charge is 0.481 e. The van der Waals surface area contributed by atoms with Crippen LogP contribution in [-0.2, 0) is 20.7 Å². The van der Waals surface area contributed by atoms with Gasteiger partial charge in [0.2, 0.25) is 0 Å². The van der Waals surface area contributed by atoms with Crippen LogP contribution in [0, 0.1) is 5.92 Å². The van der Waals surface area contributed by atoms with Crippen molar-refractivity contribution in [1.29, 1.82) is 0 Å². The Labute approximate surface area is 238 Å². The summed E-state index contributed by atoms with van der Waals surface area (Å²) < 4.78 is 5.83. The first-order valence-corrected chi connectivity index (χ1v) is 13.5. The van der Waals surface area contributed by atoms with Crippen LogP contribution in [0.2, 0.25) is 10.0 Å². The Bertz CT molecular complexity index is 1300. The number of carbonyl (C=O) groups excluding carboxylic acids is 1. The molecule has 2 unspecified atom stereocenters. The van der Waals surface area contributed by atoms with Crippen molar-refractivity contribution in [2.45, 2.75) is 31.3 Å². The van der Waals surface area contributed by atoms with Gasteiger partial charge in [-0.3, -0.25) is 14.5 Å². The van der Waals surface area contributed by atoms with Crippen LogP contribution in [0.5, 0.6) is 0 Å². The Balaban J connectivity index is 1.46. The Hall–Kier alpha value is -3.00. The quantitative estimate of drug-likeness (QED) is 0.250. The molecule has 0 spiro atoms. The van der Waals surface area contributed by atoms with Crippen LogP contribution in [0.15, 0.2) is 90.5 Å². The van der Waals surface area contributed by atoms with Gasteiger partial charge in [-0.05, 0) is 59.4 Å². The van der Waals surface area contributed by atoms with E-state index in [2.05, 4.69) is 6.08 Å². The minimum absolute atomic E-state index is 0.101. The molecule has 0 aromatic heterocycles. The molecule has 4 rings (SSSR count). The van der Waals surface area contributed by atoms with E-state index in [1.807, 2.05) is 77.7 Å². The zero-order valence-corrected chi connectivity index (χ0v) is 22.9. The fourth-order valence-electron chi connectivity index (χ4n) is 5.08. The molecule has 3 aromatic carbocycles. The van der Waals surface area contributed by atoms with Gasteiger partial charge in [0.05, 0.1) is 25.3 Å². The molecular formula is C31H31Cl2NO5. The average molecular weight is 568 g/mol. The molecule has 6 nitrogen and oxygen atoms in total. The van der Waals surface area contributed by atoms with E-state index in [9.17, 15) is 19.8 Å². The third-order valence-electron chi connectivity index (χ3n) is 6.95. The fourth-order valence-corrected chi connectivity index (χ4v) is 5.40. The molecule has 1 heterocycles. The maximum Gasteiger partial charge on any atom is 0.307 e. The molecule has 0 bridgehead atoms. The second-order valence-corrected chi connectivity index (χ2v) is 10.5. The molecule has 0 fully saturated rings. The van der Waals surface area contributed by atoms with E-state index in [4.69, 9.17) is 27.9 Å². The van der Waals surface area contributed by atoms with Gasteiger partial charge in [-0.1, -0.05) is 83.9 Å². The number of aliphatic hydroxyl groups is 1. The third-order valence-corrected chi connectivity index (χ3v) is 7.44. The Morgan fingerprint density at radius 1 is 0.949 bits per heavy atom. The molecule has 2 N–H and O–H groups in total. The summed E-state index contributed by atoms with van der Waals surface area (Å²) >= 11 is 12.4. The molecule has 3 aromatic rings. The first-order valence-electron chi connectivity index (χ1n) is 12.8. The molecule has 0 radical (unpaired) electrons. The lowest BCUT2D eigenvalue weighted by Crippen LogP contribution is -2.38. The monoisotopic (exact) mass is 567 g/mol. The summed E-state index contributed by atoms with van der Waals surface area (Å²) in [5.74, 6) is -2.09. The first-order chi connectivity index (χ1) is 18.9. The minimum atomic E-state index is -1.00. The van der Waals surface area contributed by atoms with E-state index in [1.165, 1.54) is 0 Å². The van der Waals surface area contributed by atoms with Gasteiger partial charge >= 0.3 is 5.97 Å². The van der Waals surface area contributed by atoms with Crippen LogP contribution in [0.3, 0.4) is 0 Å². The van der Waals surface area contributed by atoms with Gasteiger partial charge in [-0.2, -0.15) is 0 Å². The van der Waals surface area contributed by atoms with Gasteiger partial charge in [0.1, 0.15) is 6.61 Å². The molecule has 39 heavy (non-hydrogen) atoms. The SMILES string of the molecule is O=C(COCC1=CCC(c2ccc(Cl)cc2)N(CO)C1c1cccc(Cl)c1)C[C@@H](Cc1ccccc1)C(=O)O. The van der Waals surface area contributed by atoms with Gasteiger partial charge in [-0.25, -0.2) is 0 Å². The zero-order valence-electron chi connectivity index (χ0n) is 21.4. The van der Waals surface area contributed by atoms with E-state index in [0.29, 0.717) is 16.5 Å². The van der Waals surface area contributed by atoms with Crippen LogP contribution < -0.4 is 0 Å². The van der Waals surface area contributed by atoms with E-state index in [1.54, 1.807) is 6.07 Å². The van der Waals surface area contributed by atoms with Crippen molar-refractivity contribution in [3.8, 4) is 0 Å². The maximum absolute atomic E-state index is 12.7. The van der Waals surface area contributed by atoms with Crippen LogP contribution in [0.25, 0.3) is 0 Å². The number of carboxylic acids is 1. The number of nitrogens with zero attached hydrogens (tertiary/aromatic N) is 1. The first kappa shape index (κ1) is 29.0. The van der Waals surface area contributed by atoms with E-state index in [-0.39, 0.29) is 50.7 Å². The van der Waals surface area contributed by atoms with Crippen LogP contribution in [0.4, 0.5) is 0 Å². The second kappa shape index (κ2) is 13.9. The lowest BCUT2D eigenvalue weighted by atomic mass is 9.87. The molecule has 1 aliphatic rings. The fraction of sp³-hybridized carbons (Fsp3) is 0.290. The van der Waals surface area contributed by atoms with Gasteiger partial charge in [-0.15, -0.1) is 0 Å². The van der Waals surface area contributed by atoms with E-state index in [0.717, 1.165) is 22.3 Å². The number of Topliss-reactive ketones (excluding diaryl/α,β-unsaturated/α-hetero) is 1. The van der Waals surface area contributed by atoms with Crippen molar-refractivity contribution in [3.05, 3.63) is 117 Å². The summed E-state index contributed by atoms with van der Waals surface area (Å²) in [5.41, 5.74) is 3.67. The number of halogens is 2. The molecule has 8 heteroatoms. The van der Waals surface area contributed by atoms with Gasteiger partial charge < -0.3 is 14.9 Å². The Morgan fingerprint density at radius 3 is 2.36 bits per heavy atom. The molecule has 0 saturated carbocycles. The van der Waals surface area contributed by atoms with Crippen molar-refractivity contribution >= 4 is 35.0 Å². The van der Waals surface area contributed by atoms with Crippen molar-refractivity contribution in [1.82, 2.24) is 4.90 Å². The van der Waals surface area contributed by atoms with E-state index >= 15 is 0 Å². The predicted molar refractivity (Wildman–Crippen MR) is 152 cm³/mol. The molecule has 204 valence electrons. The molecule has 0 saturated heterocycles. The standard InChI is InChI=1S/C31H31Cl2NO5/c32-26-12-9-22(10-13-26)29-14-11-24(30(34(29)20-35)23-7-4-8-27(33)16-23)18-39-19-28(36)17-25(31(37)38)15-21-5-2-1-3-6-21/h1-13,16,25,29-30,35H,14-15,17-20H2,(H,37,38)/t25-,29?,30?/m1/s1. The highest BCUT2D eigenvalue weighted by Gasteiger charge is 2.34. The number of hydrogen-bond acceptors (Lipinski definition) is 5. The summed E-state index contributed by atoms with van der Waals surface area (Å²) in [7, 11) is 0. The zero-order chi connectivity index (χ0) is 27.8. The highest BCUT2D eigenvalue weighted by Crippen LogP contribution is 2.42. The highest BCUT2D eigenvalue weighted by molar-refractivity contribution is 6.30. The number of ketones is 1.